The van der Waals surface area contributed by atoms with Gasteiger partial charge in [-0.1, -0.05) is 41.4 Å². The zero-order chi connectivity index (χ0) is 15.1. The molecule has 0 aliphatic heterocycles. The predicted molar refractivity (Wildman–Crippen MR) is 93.2 cm³/mol. The molecule has 1 N–H and O–H groups in total. The van der Waals surface area contributed by atoms with E-state index in [-0.39, 0.29) is 20.5 Å². The number of halogens is 1. The number of fused-ring (bicyclic) bond motifs is 1. The lowest BCUT2D eigenvalue weighted by atomic mass is 9.80. The third kappa shape index (κ3) is 2.28. The first-order valence-corrected chi connectivity index (χ1v) is 8.24. The molecular weight excluding hydrogens is 328 g/mol. The van der Waals surface area contributed by atoms with Crippen LogP contribution in [0.4, 0.5) is 0 Å². The molecule has 1 aromatic rings. The van der Waals surface area contributed by atoms with Crippen LogP contribution >= 0.6 is 15.9 Å². The molecule has 114 valence electrons. The zero-order valence-corrected chi connectivity index (χ0v) is 13.7. The van der Waals surface area contributed by atoms with Crippen molar-refractivity contribution in [2.24, 2.45) is 11.8 Å². The molecule has 3 rings (SSSR count). The Bertz CT molecular complexity index is 667. The molecule has 2 unspecified atom stereocenters. The summed E-state index contributed by atoms with van der Waals surface area (Å²) in [6.07, 6.45) is 5.75. The highest BCUT2D eigenvalue weighted by Crippen LogP contribution is 2.47. The maximum Gasteiger partial charge on any atom is 0.170 e. The minimum atomic E-state index is -0.0190. The minimum Gasteiger partial charge on any atom is -0.511 e. The Labute approximate surface area is 136 Å². The Balaban J connectivity index is 0.00000132. The Kier molecular flexibility index (Phi) is 3.78. The molecule has 0 aromatic heterocycles. The van der Waals surface area contributed by atoms with Crippen LogP contribution in [0.3, 0.4) is 0 Å². The second kappa shape index (κ2) is 5.45. The highest BCUT2D eigenvalue weighted by atomic mass is 79.9. The highest BCUT2D eigenvalue weighted by molar-refractivity contribution is 9.10. The second-order valence-electron chi connectivity index (χ2n) is 6.01. The summed E-state index contributed by atoms with van der Waals surface area (Å²) >= 11 is 3.48. The average Bonchev–Trinajstić information content (AvgIpc) is 2.71. The monoisotopic (exact) mass is 350 g/mol. The van der Waals surface area contributed by atoms with Crippen molar-refractivity contribution in [1.82, 2.24) is 0 Å². The van der Waals surface area contributed by atoms with Gasteiger partial charge in [0.05, 0.1) is 5.57 Å². The molecule has 0 radical (unpaired) electrons. The maximum absolute atomic E-state index is 12.8. The summed E-state index contributed by atoms with van der Waals surface area (Å²) in [5, 5.41) is 10.6. The van der Waals surface area contributed by atoms with Gasteiger partial charge in [-0.15, -0.1) is 0 Å². The van der Waals surface area contributed by atoms with E-state index in [0.717, 1.165) is 46.8 Å². The molecule has 2 atom stereocenters. The smallest absolute Gasteiger partial charge is 0.170 e. The SMILES string of the molecule is C=Cc1cc(Br)cc(C)c1C1=C(O)C2CCCCC2C1=O.[HH].[HH]. The van der Waals surface area contributed by atoms with Gasteiger partial charge in [0.25, 0.3) is 0 Å². The van der Waals surface area contributed by atoms with Crippen molar-refractivity contribution in [2.45, 2.75) is 32.6 Å². The standard InChI is InChI=1S/C18H19BrO2.2H2/c1-3-11-9-12(19)8-10(2)15(11)16-17(20)13-6-4-5-7-14(13)18(16)21;;/h3,8-9,13-14,20H,1,4-7H2,2H3;2*1H. The van der Waals surface area contributed by atoms with Crippen LogP contribution in [0.15, 0.2) is 28.9 Å². The van der Waals surface area contributed by atoms with Crippen LogP contribution in [0, 0.1) is 18.8 Å². The highest BCUT2D eigenvalue weighted by Gasteiger charge is 2.44. The summed E-state index contributed by atoms with van der Waals surface area (Å²) in [5.74, 6) is 0.431. The van der Waals surface area contributed by atoms with Crippen LogP contribution < -0.4 is 0 Å². The largest absolute Gasteiger partial charge is 0.511 e. The number of hydrogen-bond acceptors (Lipinski definition) is 2. The third-order valence-corrected chi connectivity index (χ3v) is 5.22. The van der Waals surface area contributed by atoms with Crippen molar-refractivity contribution in [3.63, 3.8) is 0 Å². The quantitative estimate of drug-likeness (QED) is 0.758. The van der Waals surface area contributed by atoms with Gasteiger partial charge in [-0.3, -0.25) is 4.79 Å². The zero-order valence-electron chi connectivity index (χ0n) is 12.2. The number of aryl methyl sites for hydroxylation is 1. The fraction of sp³-hybridized carbons (Fsp3) is 0.389. The molecule has 0 amide bonds. The molecule has 2 aliphatic rings. The lowest BCUT2D eigenvalue weighted by Crippen LogP contribution is -2.21. The summed E-state index contributed by atoms with van der Waals surface area (Å²) in [6.45, 7) is 5.82. The van der Waals surface area contributed by atoms with Gasteiger partial charge in [-0.05, 0) is 48.6 Å². The van der Waals surface area contributed by atoms with Gasteiger partial charge in [0.2, 0.25) is 0 Å². The van der Waals surface area contributed by atoms with E-state index >= 15 is 0 Å². The van der Waals surface area contributed by atoms with Crippen LogP contribution in [0.25, 0.3) is 11.6 Å². The fourth-order valence-corrected chi connectivity index (χ4v) is 4.38. The minimum absolute atomic E-state index is 0. The molecule has 1 fully saturated rings. The lowest BCUT2D eigenvalue weighted by molar-refractivity contribution is -0.118. The van der Waals surface area contributed by atoms with Gasteiger partial charge in [-0.25, -0.2) is 0 Å². The van der Waals surface area contributed by atoms with E-state index < -0.39 is 0 Å². The predicted octanol–water partition coefficient (Wildman–Crippen LogP) is 5.55. The summed E-state index contributed by atoms with van der Waals surface area (Å²) in [7, 11) is 0. The van der Waals surface area contributed by atoms with Gasteiger partial charge in [0, 0.05) is 19.2 Å². The van der Waals surface area contributed by atoms with E-state index in [0.29, 0.717) is 11.3 Å². The van der Waals surface area contributed by atoms with Gasteiger partial charge in [-0.2, -0.15) is 0 Å². The first-order chi connectivity index (χ1) is 10.0. The van der Waals surface area contributed by atoms with E-state index in [1.54, 1.807) is 6.08 Å². The average molecular weight is 351 g/mol. The second-order valence-corrected chi connectivity index (χ2v) is 6.93. The van der Waals surface area contributed by atoms with Crippen molar-refractivity contribution in [1.29, 1.82) is 0 Å². The topological polar surface area (TPSA) is 37.3 Å². The first-order valence-electron chi connectivity index (χ1n) is 7.45. The molecule has 0 heterocycles. The van der Waals surface area contributed by atoms with Crippen LogP contribution in [0.5, 0.6) is 0 Å². The number of Topliss-reactive ketones (excluding diaryl/α,β-unsaturated/α-hetero) is 1. The Morgan fingerprint density at radius 1 is 1.33 bits per heavy atom. The number of allylic oxidation sites excluding steroid dienone is 2. The number of rotatable bonds is 2. The normalized spacial score (nSPS) is 25.1. The van der Waals surface area contributed by atoms with E-state index in [9.17, 15) is 9.90 Å². The Morgan fingerprint density at radius 2 is 2.00 bits per heavy atom. The van der Waals surface area contributed by atoms with E-state index in [2.05, 4.69) is 22.5 Å². The van der Waals surface area contributed by atoms with Crippen molar-refractivity contribution in [3.8, 4) is 0 Å². The van der Waals surface area contributed by atoms with E-state index in [1.165, 1.54) is 0 Å². The maximum atomic E-state index is 12.8. The molecule has 1 aromatic carbocycles. The van der Waals surface area contributed by atoms with Gasteiger partial charge in [0.1, 0.15) is 5.76 Å². The lowest BCUT2D eigenvalue weighted by Gasteiger charge is -2.23. The van der Waals surface area contributed by atoms with Crippen molar-refractivity contribution >= 4 is 33.4 Å². The molecular formula is C18H23BrO2. The number of carbonyl (C=O) groups is 1. The first kappa shape index (κ1) is 14.6. The molecule has 3 heteroatoms. The molecule has 0 bridgehead atoms. The van der Waals surface area contributed by atoms with Crippen molar-refractivity contribution in [3.05, 3.63) is 45.6 Å². The summed E-state index contributed by atoms with van der Waals surface area (Å²) < 4.78 is 0.960. The summed E-state index contributed by atoms with van der Waals surface area (Å²) in [4.78, 5) is 12.8. The third-order valence-electron chi connectivity index (χ3n) is 4.76. The molecule has 2 aliphatic carbocycles. The van der Waals surface area contributed by atoms with Crippen molar-refractivity contribution in [2.75, 3.05) is 0 Å². The number of benzene rings is 1. The Morgan fingerprint density at radius 3 is 2.62 bits per heavy atom. The summed E-state index contributed by atoms with van der Waals surface area (Å²) in [5.41, 5.74) is 3.28. The number of hydrogen-bond donors (Lipinski definition) is 1. The van der Waals surface area contributed by atoms with Gasteiger partial charge < -0.3 is 5.11 Å². The molecule has 21 heavy (non-hydrogen) atoms. The summed E-state index contributed by atoms with van der Waals surface area (Å²) in [6, 6.07) is 3.93. The van der Waals surface area contributed by atoms with E-state index in [4.69, 9.17) is 0 Å². The molecule has 0 saturated heterocycles. The molecule has 0 spiro atoms. The number of aliphatic hydroxyl groups is 1. The van der Waals surface area contributed by atoms with Crippen LogP contribution in [-0.2, 0) is 4.79 Å². The van der Waals surface area contributed by atoms with Crippen LogP contribution in [0.2, 0.25) is 0 Å². The van der Waals surface area contributed by atoms with Crippen molar-refractivity contribution < 1.29 is 12.8 Å². The molecule has 1 saturated carbocycles. The van der Waals surface area contributed by atoms with Gasteiger partial charge >= 0.3 is 0 Å². The van der Waals surface area contributed by atoms with Crippen LogP contribution in [0.1, 0.15) is 45.2 Å². The van der Waals surface area contributed by atoms with Crippen LogP contribution in [-0.4, -0.2) is 10.9 Å². The number of ketones is 1. The van der Waals surface area contributed by atoms with E-state index in [1.807, 2.05) is 19.1 Å². The number of carbonyl (C=O) groups excluding carboxylic acids is 1. The van der Waals surface area contributed by atoms with Gasteiger partial charge in [0.15, 0.2) is 5.78 Å². The Hall–Kier alpha value is -1.35. The fourth-order valence-electron chi connectivity index (χ4n) is 3.79. The number of aliphatic hydroxyl groups excluding tert-OH is 1. The molecule has 2 nitrogen and oxygen atoms in total.